The van der Waals surface area contributed by atoms with Crippen molar-refractivity contribution in [3.05, 3.63) is 29.8 Å². The maximum Gasteiger partial charge on any atom is 0.329 e. The molecule has 96 valence electrons. The minimum atomic E-state index is -0.709. The molecule has 1 aliphatic carbocycles. The average Bonchev–Trinajstić information content (AvgIpc) is 2.97. The molecular formula is C14H13N3O2. The minimum Gasteiger partial charge on any atom is -0.323 e. The molecule has 3 amide bonds. The van der Waals surface area contributed by atoms with E-state index in [4.69, 9.17) is 5.26 Å². The predicted octanol–water partition coefficient (Wildman–Crippen LogP) is 1.93. The van der Waals surface area contributed by atoms with E-state index in [1.807, 2.05) is 6.07 Å². The van der Waals surface area contributed by atoms with E-state index in [9.17, 15) is 9.59 Å². The first-order valence-electron chi connectivity index (χ1n) is 6.33. The molecule has 3 rings (SSSR count). The van der Waals surface area contributed by atoms with Crippen molar-refractivity contribution in [3.8, 4) is 6.07 Å². The molecule has 0 bridgehead atoms. The number of imide groups is 1. The van der Waals surface area contributed by atoms with Crippen LogP contribution in [0.15, 0.2) is 24.3 Å². The molecule has 5 nitrogen and oxygen atoms in total. The zero-order valence-electron chi connectivity index (χ0n) is 10.3. The van der Waals surface area contributed by atoms with Crippen molar-refractivity contribution >= 4 is 17.6 Å². The molecule has 1 aliphatic heterocycles. The lowest BCUT2D eigenvalue weighted by Gasteiger charge is -2.20. The molecule has 0 atom stereocenters. The van der Waals surface area contributed by atoms with Crippen molar-refractivity contribution < 1.29 is 9.59 Å². The molecule has 0 radical (unpaired) electrons. The summed E-state index contributed by atoms with van der Waals surface area (Å²) in [6.07, 6.45) is 3.31. The zero-order valence-corrected chi connectivity index (χ0v) is 10.3. The fourth-order valence-corrected chi connectivity index (χ4v) is 2.89. The summed E-state index contributed by atoms with van der Waals surface area (Å²) in [5, 5.41) is 11.7. The molecule has 0 unspecified atom stereocenters. The van der Waals surface area contributed by atoms with Gasteiger partial charge in [-0.05, 0) is 31.0 Å². The van der Waals surface area contributed by atoms with Gasteiger partial charge in [-0.25, -0.2) is 9.69 Å². The largest absolute Gasteiger partial charge is 0.329 e. The molecule has 1 heterocycles. The van der Waals surface area contributed by atoms with Crippen LogP contribution in [0.1, 0.15) is 31.2 Å². The quantitative estimate of drug-likeness (QED) is 0.779. The van der Waals surface area contributed by atoms with Crippen LogP contribution in [-0.2, 0) is 4.79 Å². The number of hydrogen-bond donors (Lipinski definition) is 1. The van der Waals surface area contributed by atoms with Gasteiger partial charge in [-0.2, -0.15) is 5.26 Å². The number of urea groups is 1. The fraction of sp³-hybridized carbons (Fsp3) is 0.357. The number of carbonyl (C=O) groups is 2. The number of nitrogens with zero attached hydrogens (tertiary/aromatic N) is 2. The van der Waals surface area contributed by atoms with Crippen LogP contribution in [0.25, 0.3) is 0 Å². The number of nitrogens with one attached hydrogen (secondary N) is 1. The molecule has 1 spiro atoms. The Morgan fingerprint density at radius 2 is 2.00 bits per heavy atom. The van der Waals surface area contributed by atoms with E-state index in [0.29, 0.717) is 24.1 Å². The van der Waals surface area contributed by atoms with Gasteiger partial charge in [0, 0.05) is 0 Å². The van der Waals surface area contributed by atoms with E-state index in [1.165, 1.54) is 0 Å². The number of amides is 3. The molecule has 0 aromatic heterocycles. The third-order valence-corrected chi connectivity index (χ3v) is 3.85. The minimum absolute atomic E-state index is 0.190. The molecular weight excluding hydrogens is 242 g/mol. The summed E-state index contributed by atoms with van der Waals surface area (Å²) in [6.45, 7) is 0. The maximum atomic E-state index is 12.5. The number of nitriles is 1. The van der Waals surface area contributed by atoms with Gasteiger partial charge in [0.05, 0.1) is 17.3 Å². The van der Waals surface area contributed by atoms with Crippen molar-refractivity contribution in [2.24, 2.45) is 0 Å². The van der Waals surface area contributed by atoms with Crippen LogP contribution in [0.5, 0.6) is 0 Å². The van der Waals surface area contributed by atoms with Gasteiger partial charge in [0.1, 0.15) is 5.54 Å². The Balaban J connectivity index is 1.99. The average molecular weight is 255 g/mol. The van der Waals surface area contributed by atoms with E-state index in [-0.39, 0.29) is 11.9 Å². The number of hydrogen-bond acceptors (Lipinski definition) is 3. The number of carbonyl (C=O) groups excluding carboxylic acids is 2. The summed E-state index contributed by atoms with van der Waals surface area (Å²) in [6, 6.07) is 8.18. The summed E-state index contributed by atoms with van der Waals surface area (Å²) in [7, 11) is 0. The van der Waals surface area contributed by atoms with Crippen LogP contribution in [-0.4, -0.2) is 17.5 Å². The first-order valence-corrected chi connectivity index (χ1v) is 6.33. The molecule has 19 heavy (non-hydrogen) atoms. The van der Waals surface area contributed by atoms with Crippen LogP contribution in [0.4, 0.5) is 10.5 Å². The molecule has 1 aromatic rings. The second-order valence-electron chi connectivity index (χ2n) is 5.02. The van der Waals surface area contributed by atoms with Crippen LogP contribution in [0.3, 0.4) is 0 Å². The predicted molar refractivity (Wildman–Crippen MR) is 68.4 cm³/mol. The Morgan fingerprint density at radius 1 is 1.26 bits per heavy atom. The van der Waals surface area contributed by atoms with Crippen LogP contribution in [0, 0.1) is 11.3 Å². The number of benzene rings is 1. The van der Waals surface area contributed by atoms with E-state index in [0.717, 1.165) is 17.7 Å². The van der Waals surface area contributed by atoms with Gasteiger partial charge in [-0.3, -0.25) is 4.79 Å². The van der Waals surface area contributed by atoms with Crippen molar-refractivity contribution in [1.29, 1.82) is 5.26 Å². The van der Waals surface area contributed by atoms with Gasteiger partial charge < -0.3 is 5.32 Å². The van der Waals surface area contributed by atoms with Gasteiger partial charge in [0.15, 0.2) is 0 Å². The summed E-state index contributed by atoms with van der Waals surface area (Å²) >= 11 is 0. The van der Waals surface area contributed by atoms with Gasteiger partial charge >= 0.3 is 6.03 Å². The first kappa shape index (κ1) is 11.7. The standard InChI is InChI=1S/C14H13N3O2/c15-9-10-4-3-5-11(8-10)17-12(18)14(16-13(17)19)6-1-2-7-14/h3-5,8H,1-2,6-7H2,(H,16,19). The zero-order chi connectivity index (χ0) is 13.5. The Hall–Kier alpha value is -2.35. The highest BCUT2D eigenvalue weighted by Crippen LogP contribution is 2.36. The summed E-state index contributed by atoms with van der Waals surface area (Å²) in [5.41, 5.74) is 0.190. The van der Waals surface area contributed by atoms with Crippen LogP contribution in [0.2, 0.25) is 0 Å². The molecule has 1 saturated heterocycles. The van der Waals surface area contributed by atoms with E-state index in [2.05, 4.69) is 5.32 Å². The summed E-state index contributed by atoms with van der Waals surface area (Å²) in [5.74, 6) is -0.190. The Labute approximate surface area is 110 Å². The maximum absolute atomic E-state index is 12.5. The summed E-state index contributed by atoms with van der Waals surface area (Å²) < 4.78 is 0. The Kier molecular flexibility index (Phi) is 2.53. The third kappa shape index (κ3) is 1.68. The van der Waals surface area contributed by atoms with Crippen molar-refractivity contribution in [2.75, 3.05) is 4.90 Å². The molecule has 5 heteroatoms. The van der Waals surface area contributed by atoms with Crippen molar-refractivity contribution in [1.82, 2.24) is 5.32 Å². The van der Waals surface area contributed by atoms with Crippen LogP contribution >= 0.6 is 0 Å². The van der Waals surface area contributed by atoms with Crippen molar-refractivity contribution in [3.63, 3.8) is 0 Å². The lowest BCUT2D eigenvalue weighted by atomic mass is 9.98. The Morgan fingerprint density at radius 3 is 2.68 bits per heavy atom. The molecule has 1 saturated carbocycles. The van der Waals surface area contributed by atoms with Gasteiger partial charge in [-0.1, -0.05) is 18.9 Å². The smallest absolute Gasteiger partial charge is 0.323 e. The normalized spacial score (nSPS) is 20.7. The summed E-state index contributed by atoms with van der Waals surface area (Å²) in [4.78, 5) is 25.7. The molecule has 2 aliphatic rings. The molecule has 1 aromatic carbocycles. The van der Waals surface area contributed by atoms with E-state index < -0.39 is 5.54 Å². The molecule has 1 N–H and O–H groups in total. The second-order valence-corrected chi connectivity index (χ2v) is 5.02. The topological polar surface area (TPSA) is 73.2 Å². The van der Waals surface area contributed by atoms with Crippen LogP contribution < -0.4 is 10.2 Å². The monoisotopic (exact) mass is 255 g/mol. The number of rotatable bonds is 1. The first-order chi connectivity index (χ1) is 9.16. The Bertz CT molecular complexity index is 597. The van der Waals surface area contributed by atoms with Gasteiger partial charge in [0.2, 0.25) is 0 Å². The highest BCUT2D eigenvalue weighted by Gasteiger charge is 2.52. The van der Waals surface area contributed by atoms with E-state index in [1.54, 1.807) is 24.3 Å². The number of anilines is 1. The highest BCUT2D eigenvalue weighted by molar-refractivity contribution is 6.23. The van der Waals surface area contributed by atoms with Gasteiger partial charge in [0.25, 0.3) is 5.91 Å². The SMILES string of the molecule is N#Cc1cccc(N2C(=O)NC3(CCCC3)C2=O)c1. The molecule has 2 fully saturated rings. The fourth-order valence-electron chi connectivity index (χ4n) is 2.89. The van der Waals surface area contributed by atoms with E-state index >= 15 is 0 Å². The lowest BCUT2D eigenvalue weighted by Crippen LogP contribution is -2.44. The lowest BCUT2D eigenvalue weighted by molar-refractivity contribution is -0.121. The highest BCUT2D eigenvalue weighted by atomic mass is 16.2. The van der Waals surface area contributed by atoms with Crippen molar-refractivity contribution in [2.45, 2.75) is 31.2 Å². The van der Waals surface area contributed by atoms with Gasteiger partial charge in [-0.15, -0.1) is 0 Å². The second kappa shape index (κ2) is 4.09. The third-order valence-electron chi connectivity index (χ3n) is 3.85.